The molecule has 1 aliphatic heterocycles. The van der Waals surface area contributed by atoms with Crippen molar-refractivity contribution in [3.8, 4) is 0 Å². The number of morpholine rings is 1. The van der Waals surface area contributed by atoms with E-state index in [1.54, 1.807) is 24.1 Å². The number of aryl methyl sites for hydroxylation is 1. The topological polar surface area (TPSA) is 105 Å². The molecule has 0 bridgehead atoms. The first-order chi connectivity index (χ1) is 10.0. The Morgan fingerprint density at radius 1 is 1.57 bits per heavy atom. The second-order valence-electron chi connectivity index (χ2n) is 4.79. The van der Waals surface area contributed by atoms with Gasteiger partial charge in [-0.25, -0.2) is 14.8 Å². The Labute approximate surface area is 122 Å². The molecule has 0 aromatic carbocycles. The molecule has 21 heavy (non-hydrogen) atoms. The predicted octanol–water partition coefficient (Wildman–Crippen LogP) is 0.170. The Bertz CT molecular complexity index is 523. The molecule has 2 heterocycles. The van der Waals surface area contributed by atoms with Gasteiger partial charge in [-0.05, 0) is 13.0 Å². The number of nitrogens with one attached hydrogen (secondary N) is 1. The summed E-state index contributed by atoms with van der Waals surface area (Å²) in [4.78, 5) is 32.5. The lowest BCUT2D eigenvalue weighted by Crippen LogP contribution is -2.49. The molecule has 1 unspecified atom stereocenters. The van der Waals surface area contributed by atoms with E-state index in [2.05, 4.69) is 15.3 Å². The highest BCUT2D eigenvalue weighted by molar-refractivity contribution is 5.74. The van der Waals surface area contributed by atoms with Crippen molar-refractivity contribution < 1.29 is 19.4 Å². The van der Waals surface area contributed by atoms with E-state index in [1.807, 2.05) is 0 Å². The summed E-state index contributed by atoms with van der Waals surface area (Å²) in [7, 11) is 0. The van der Waals surface area contributed by atoms with Gasteiger partial charge in [0.1, 0.15) is 5.82 Å². The molecule has 1 atom stereocenters. The molecule has 0 saturated carbocycles. The molecule has 1 fully saturated rings. The zero-order valence-electron chi connectivity index (χ0n) is 11.8. The SMILES string of the molecule is Cc1nccc(CNC(=O)N2CCOC(CC(=O)O)C2)n1. The van der Waals surface area contributed by atoms with Crippen molar-refractivity contribution in [1.82, 2.24) is 20.2 Å². The Morgan fingerprint density at radius 2 is 2.38 bits per heavy atom. The quantitative estimate of drug-likeness (QED) is 0.820. The number of carboxylic acid groups (broad SMARTS) is 1. The molecular formula is C13H18N4O4. The maximum Gasteiger partial charge on any atom is 0.317 e. The summed E-state index contributed by atoms with van der Waals surface area (Å²) in [5.41, 5.74) is 0.728. The number of nitrogens with zero attached hydrogens (tertiary/aromatic N) is 3. The van der Waals surface area contributed by atoms with Gasteiger partial charge in [-0.2, -0.15) is 0 Å². The summed E-state index contributed by atoms with van der Waals surface area (Å²) in [6.45, 7) is 3.16. The van der Waals surface area contributed by atoms with Crippen LogP contribution in [0.3, 0.4) is 0 Å². The zero-order chi connectivity index (χ0) is 15.2. The van der Waals surface area contributed by atoms with Gasteiger partial charge in [-0.3, -0.25) is 4.79 Å². The molecule has 0 radical (unpaired) electrons. The van der Waals surface area contributed by atoms with Crippen LogP contribution < -0.4 is 5.32 Å². The maximum absolute atomic E-state index is 12.1. The lowest BCUT2D eigenvalue weighted by atomic mass is 10.2. The molecular weight excluding hydrogens is 276 g/mol. The first kappa shape index (κ1) is 15.2. The van der Waals surface area contributed by atoms with Crippen LogP contribution in [-0.4, -0.2) is 57.8 Å². The van der Waals surface area contributed by atoms with E-state index < -0.39 is 12.1 Å². The van der Waals surface area contributed by atoms with Gasteiger partial charge >= 0.3 is 12.0 Å². The third-order valence-corrected chi connectivity index (χ3v) is 3.08. The lowest BCUT2D eigenvalue weighted by molar-refractivity contribution is -0.141. The lowest BCUT2D eigenvalue weighted by Gasteiger charge is -2.32. The highest BCUT2D eigenvalue weighted by Crippen LogP contribution is 2.09. The van der Waals surface area contributed by atoms with Crippen molar-refractivity contribution in [2.24, 2.45) is 0 Å². The molecule has 0 spiro atoms. The predicted molar refractivity (Wildman–Crippen MR) is 72.6 cm³/mol. The number of hydrogen-bond acceptors (Lipinski definition) is 5. The molecule has 8 heteroatoms. The molecule has 2 N–H and O–H groups in total. The Kier molecular flexibility index (Phi) is 5.04. The standard InChI is InChI=1S/C13H18N4O4/c1-9-14-3-2-10(16-9)7-15-13(20)17-4-5-21-11(8-17)6-12(18)19/h2-3,11H,4-8H2,1H3,(H,15,20)(H,18,19). The summed E-state index contributed by atoms with van der Waals surface area (Å²) in [6.07, 6.45) is 1.08. The van der Waals surface area contributed by atoms with Crippen LogP contribution in [0.25, 0.3) is 0 Å². The monoisotopic (exact) mass is 294 g/mol. The number of amides is 2. The fourth-order valence-corrected chi connectivity index (χ4v) is 2.10. The second kappa shape index (κ2) is 6.98. The number of urea groups is 1. The van der Waals surface area contributed by atoms with Crippen LogP contribution in [-0.2, 0) is 16.1 Å². The van der Waals surface area contributed by atoms with Crippen molar-refractivity contribution >= 4 is 12.0 Å². The van der Waals surface area contributed by atoms with E-state index in [1.165, 1.54) is 0 Å². The number of carbonyl (C=O) groups excluding carboxylic acids is 1. The number of aliphatic carboxylic acids is 1. The van der Waals surface area contributed by atoms with Crippen molar-refractivity contribution in [2.45, 2.75) is 26.0 Å². The third kappa shape index (κ3) is 4.67. The second-order valence-corrected chi connectivity index (χ2v) is 4.79. The largest absolute Gasteiger partial charge is 0.481 e. The molecule has 1 aliphatic rings. The van der Waals surface area contributed by atoms with Crippen LogP contribution >= 0.6 is 0 Å². The summed E-state index contributed by atoms with van der Waals surface area (Å²) < 4.78 is 5.32. The summed E-state index contributed by atoms with van der Waals surface area (Å²) >= 11 is 0. The normalized spacial score (nSPS) is 18.3. The molecule has 8 nitrogen and oxygen atoms in total. The minimum Gasteiger partial charge on any atom is -0.481 e. The zero-order valence-corrected chi connectivity index (χ0v) is 11.8. The van der Waals surface area contributed by atoms with Gasteiger partial charge in [-0.1, -0.05) is 0 Å². The first-order valence-corrected chi connectivity index (χ1v) is 6.69. The van der Waals surface area contributed by atoms with E-state index in [0.717, 1.165) is 5.69 Å². The van der Waals surface area contributed by atoms with Crippen LogP contribution in [0, 0.1) is 6.92 Å². The molecule has 1 saturated heterocycles. The molecule has 114 valence electrons. The van der Waals surface area contributed by atoms with Crippen LogP contribution in [0.4, 0.5) is 4.79 Å². The summed E-state index contributed by atoms with van der Waals surface area (Å²) in [6, 6.07) is 1.49. The Morgan fingerprint density at radius 3 is 3.10 bits per heavy atom. The minimum atomic E-state index is -0.932. The van der Waals surface area contributed by atoms with Gasteiger partial charge in [-0.15, -0.1) is 0 Å². The molecule has 2 rings (SSSR count). The van der Waals surface area contributed by atoms with Crippen LogP contribution in [0.1, 0.15) is 17.9 Å². The van der Waals surface area contributed by atoms with Gasteiger partial charge in [0.15, 0.2) is 0 Å². The first-order valence-electron chi connectivity index (χ1n) is 6.69. The average molecular weight is 294 g/mol. The number of rotatable bonds is 4. The van der Waals surface area contributed by atoms with Gasteiger partial charge in [0.05, 0.1) is 31.4 Å². The summed E-state index contributed by atoms with van der Waals surface area (Å²) in [5, 5.41) is 11.5. The van der Waals surface area contributed by atoms with Crippen LogP contribution in [0.15, 0.2) is 12.3 Å². The van der Waals surface area contributed by atoms with Crippen LogP contribution in [0.5, 0.6) is 0 Å². The van der Waals surface area contributed by atoms with E-state index >= 15 is 0 Å². The van der Waals surface area contributed by atoms with Gasteiger partial charge in [0.2, 0.25) is 0 Å². The number of ether oxygens (including phenoxy) is 1. The molecule has 1 aromatic rings. The van der Waals surface area contributed by atoms with Gasteiger partial charge in [0.25, 0.3) is 0 Å². The molecule has 0 aliphatic carbocycles. The van der Waals surface area contributed by atoms with Crippen molar-refractivity contribution in [3.05, 3.63) is 23.8 Å². The Hall–Kier alpha value is -2.22. The summed E-state index contributed by atoms with van der Waals surface area (Å²) in [5.74, 6) is -0.284. The van der Waals surface area contributed by atoms with E-state index in [4.69, 9.17) is 9.84 Å². The average Bonchev–Trinajstić information content (AvgIpc) is 2.44. The number of carbonyl (C=O) groups is 2. The highest BCUT2D eigenvalue weighted by Gasteiger charge is 2.25. The molecule has 1 aromatic heterocycles. The van der Waals surface area contributed by atoms with Crippen molar-refractivity contribution in [1.29, 1.82) is 0 Å². The maximum atomic E-state index is 12.1. The van der Waals surface area contributed by atoms with E-state index in [0.29, 0.717) is 25.5 Å². The number of aromatic nitrogens is 2. The number of hydrogen-bond donors (Lipinski definition) is 2. The van der Waals surface area contributed by atoms with E-state index in [-0.39, 0.29) is 19.0 Å². The van der Waals surface area contributed by atoms with Crippen molar-refractivity contribution in [3.63, 3.8) is 0 Å². The van der Waals surface area contributed by atoms with Gasteiger partial charge in [0, 0.05) is 19.3 Å². The Balaban J connectivity index is 1.83. The fraction of sp³-hybridized carbons (Fsp3) is 0.538. The highest BCUT2D eigenvalue weighted by atomic mass is 16.5. The minimum absolute atomic E-state index is 0.102. The van der Waals surface area contributed by atoms with Crippen molar-refractivity contribution in [2.75, 3.05) is 19.7 Å². The third-order valence-electron chi connectivity index (χ3n) is 3.08. The fourth-order valence-electron chi connectivity index (χ4n) is 2.10. The van der Waals surface area contributed by atoms with Gasteiger partial charge < -0.3 is 20.1 Å². The smallest absolute Gasteiger partial charge is 0.317 e. The number of carboxylic acids is 1. The molecule has 2 amide bonds. The van der Waals surface area contributed by atoms with E-state index in [9.17, 15) is 9.59 Å². The van der Waals surface area contributed by atoms with Crippen LogP contribution in [0.2, 0.25) is 0 Å².